The molecule has 3 amide bonds. The molecule has 0 saturated carbocycles. The first-order chi connectivity index (χ1) is 12.5. The van der Waals surface area contributed by atoms with E-state index in [4.69, 9.17) is 4.74 Å². The van der Waals surface area contributed by atoms with Crippen LogP contribution >= 0.6 is 0 Å². The van der Waals surface area contributed by atoms with Gasteiger partial charge in [0.1, 0.15) is 0 Å². The lowest BCUT2D eigenvalue weighted by Crippen LogP contribution is -2.34. The molecule has 0 heterocycles. The maximum atomic E-state index is 12.6. The highest BCUT2D eigenvalue weighted by Gasteiger charge is 2.11. The van der Waals surface area contributed by atoms with Crippen molar-refractivity contribution < 1.29 is 14.3 Å². The van der Waals surface area contributed by atoms with Crippen molar-refractivity contribution in [2.24, 2.45) is 0 Å². The minimum absolute atomic E-state index is 0.0309. The maximum Gasteiger partial charge on any atom is 0.319 e. The van der Waals surface area contributed by atoms with Crippen LogP contribution in [0.5, 0.6) is 0 Å². The van der Waals surface area contributed by atoms with Gasteiger partial charge in [-0.25, -0.2) is 4.79 Å². The van der Waals surface area contributed by atoms with Crippen LogP contribution in [0.25, 0.3) is 0 Å². The SMILES string of the molecule is CCOCc1ccccc1NC(=O)c1cccc(NC(=O)NC(C)C)c1. The number of benzene rings is 2. The lowest BCUT2D eigenvalue weighted by Gasteiger charge is -2.13. The van der Waals surface area contributed by atoms with Gasteiger partial charge in [-0.3, -0.25) is 4.79 Å². The highest BCUT2D eigenvalue weighted by Crippen LogP contribution is 2.18. The average molecular weight is 355 g/mol. The van der Waals surface area contributed by atoms with E-state index < -0.39 is 0 Å². The number of rotatable bonds is 7. The summed E-state index contributed by atoms with van der Waals surface area (Å²) in [4.78, 5) is 24.4. The molecular formula is C20H25N3O3. The fourth-order valence-corrected chi connectivity index (χ4v) is 2.34. The molecule has 26 heavy (non-hydrogen) atoms. The molecule has 0 aliphatic rings. The number of amides is 3. The molecule has 0 atom stereocenters. The summed E-state index contributed by atoms with van der Waals surface area (Å²) >= 11 is 0. The second-order valence-corrected chi connectivity index (χ2v) is 6.08. The van der Waals surface area contributed by atoms with Crippen LogP contribution in [0.1, 0.15) is 36.7 Å². The van der Waals surface area contributed by atoms with E-state index in [1.165, 1.54) is 0 Å². The van der Waals surface area contributed by atoms with Crippen LogP contribution in [0.15, 0.2) is 48.5 Å². The standard InChI is InChI=1S/C20H25N3O3/c1-4-26-13-16-8-5-6-11-18(16)23-19(24)15-9-7-10-17(12-15)22-20(25)21-14(2)3/h5-12,14H,4,13H2,1-3H3,(H,23,24)(H2,21,22,25). The van der Waals surface area contributed by atoms with Gasteiger partial charge < -0.3 is 20.7 Å². The predicted molar refractivity (Wildman–Crippen MR) is 103 cm³/mol. The number of ether oxygens (including phenoxy) is 1. The van der Waals surface area contributed by atoms with Crippen LogP contribution in [0.2, 0.25) is 0 Å². The molecule has 2 rings (SSSR count). The molecule has 6 nitrogen and oxygen atoms in total. The zero-order chi connectivity index (χ0) is 18.9. The molecule has 0 spiro atoms. The Morgan fingerprint density at radius 1 is 1.04 bits per heavy atom. The lowest BCUT2D eigenvalue weighted by atomic mass is 10.1. The van der Waals surface area contributed by atoms with Gasteiger partial charge in [0, 0.05) is 35.2 Å². The van der Waals surface area contributed by atoms with Gasteiger partial charge in [-0.15, -0.1) is 0 Å². The third-order valence-corrected chi connectivity index (χ3v) is 3.53. The summed E-state index contributed by atoms with van der Waals surface area (Å²) in [7, 11) is 0. The van der Waals surface area contributed by atoms with Gasteiger partial charge in [-0.2, -0.15) is 0 Å². The fourth-order valence-electron chi connectivity index (χ4n) is 2.34. The first-order valence-electron chi connectivity index (χ1n) is 8.64. The van der Waals surface area contributed by atoms with Crippen LogP contribution in [0.3, 0.4) is 0 Å². The number of hydrogen-bond acceptors (Lipinski definition) is 3. The molecule has 2 aromatic carbocycles. The number of para-hydroxylation sites is 1. The van der Waals surface area contributed by atoms with Crippen LogP contribution in [0, 0.1) is 0 Å². The molecule has 0 bridgehead atoms. The Bertz CT molecular complexity index is 759. The van der Waals surface area contributed by atoms with Gasteiger partial charge >= 0.3 is 6.03 Å². The molecule has 0 unspecified atom stereocenters. The number of hydrogen-bond donors (Lipinski definition) is 3. The van der Waals surface area contributed by atoms with Crippen molar-refractivity contribution >= 4 is 23.3 Å². The molecule has 0 aromatic heterocycles. The van der Waals surface area contributed by atoms with E-state index in [0.717, 1.165) is 5.56 Å². The summed E-state index contributed by atoms with van der Waals surface area (Å²) in [5.74, 6) is -0.248. The Hall–Kier alpha value is -2.86. The van der Waals surface area contributed by atoms with Crippen molar-refractivity contribution in [3.8, 4) is 0 Å². The minimum Gasteiger partial charge on any atom is -0.377 e. The van der Waals surface area contributed by atoms with E-state index in [1.807, 2.05) is 45.0 Å². The summed E-state index contributed by atoms with van der Waals surface area (Å²) in [5.41, 5.74) is 2.63. The lowest BCUT2D eigenvalue weighted by molar-refractivity contribution is 0.102. The van der Waals surface area contributed by atoms with E-state index in [1.54, 1.807) is 24.3 Å². The van der Waals surface area contributed by atoms with Gasteiger partial charge in [-0.1, -0.05) is 24.3 Å². The van der Waals surface area contributed by atoms with Crippen LogP contribution < -0.4 is 16.0 Å². The predicted octanol–water partition coefficient (Wildman–Crippen LogP) is 4.01. The highest BCUT2D eigenvalue weighted by molar-refractivity contribution is 6.05. The van der Waals surface area contributed by atoms with Crippen LogP contribution in [0.4, 0.5) is 16.2 Å². The molecule has 138 valence electrons. The van der Waals surface area contributed by atoms with Crippen LogP contribution in [-0.2, 0) is 11.3 Å². The third kappa shape index (κ3) is 5.89. The van der Waals surface area contributed by atoms with Crippen molar-refractivity contribution in [3.63, 3.8) is 0 Å². The van der Waals surface area contributed by atoms with Crippen molar-refractivity contribution in [2.45, 2.75) is 33.4 Å². The number of carbonyl (C=O) groups excluding carboxylic acids is 2. The summed E-state index contributed by atoms with van der Waals surface area (Å²) < 4.78 is 5.44. The van der Waals surface area contributed by atoms with Crippen molar-refractivity contribution in [2.75, 3.05) is 17.2 Å². The summed E-state index contributed by atoms with van der Waals surface area (Å²) in [6.45, 7) is 6.72. The topological polar surface area (TPSA) is 79.5 Å². The van der Waals surface area contributed by atoms with E-state index in [0.29, 0.717) is 30.2 Å². The van der Waals surface area contributed by atoms with Crippen molar-refractivity contribution in [1.29, 1.82) is 0 Å². The molecule has 3 N–H and O–H groups in total. The Labute approximate surface area is 153 Å². The minimum atomic E-state index is -0.306. The Morgan fingerprint density at radius 2 is 1.81 bits per heavy atom. The quantitative estimate of drug-likeness (QED) is 0.702. The average Bonchev–Trinajstić information content (AvgIpc) is 2.60. The Morgan fingerprint density at radius 3 is 2.54 bits per heavy atom. The molecule has 6 heteroatoms. The van der Waals surface area contributed by atoms with Crippen molar-refractivity contribution in [1.82, 2.24) is 5.32 Å². The van der Waals surface area contributed by atoms with Crippen molar-refractivity contribution in [3.05, 3.63) is 59.7 Å². The molecule has 0 aliphatic heterocycles. The third-order valence-electron chi connectivity index (χ3n) is 3.53. The van der Waals surface area contributed by atoms with Crippen LogP contribution in [-0.4, -0.2) is 24.6 Å². The molecule has 2 aromatic rings. The van der Waals surface area contributed by atoms with E-state index in [9.17, 15) is 9.59 Å². The number of nitrogens with one attached hydrogen (secondary N) is 3. The molecule has 0 fully saturated rings. The molecule has 0 saturated heterocycles. The van der Waals surface area contributed by atoms with Gasteiger partial charge in [0.25, 0.3) is 5.91 Å². The van der Waals surface area contributed by atoms with Gasteiger partial charge in [0.15, 0.2) is 0 Å². The zero-order valence-corrected chi connectivity index (χ0v) is 15.3. The highest BCUT2D eigenvalue weighted by atomic mass is 16.5. The monoisotopic (exact) mass is 355 g/mol. The molecular weight excluding hydrogens is 330 g/mol. The Balaban J connectivity index is 2.08. The molecule has 0 radical (unpaired) electrons. The molecule has 0 aliphatic carbocycles. The van der Waals surface area contributed by atoms with Gasteiger partial charge in [0.2, 0.25) is 0 Å². The first kappa shape index (κ1) is 19.5. The summed E-state index contributed by atoms with van der Waals surface area (Å²) in [6, 6.07) is 14.0. The normalized spacial score (nSPS) is 10.5. The van der Waals surface area contributed by atoms with Gasteiger partial charge in [0.05, 0.1) is 6.61 Å². The van der Waals surface area contributed by atoms with E-state index in [-0.39, 0.29) is 18.0 Å². The largest absolute Gasteiger partial charge is 0.377 e. The maximum absolute atomic E-state index is 12.6. The smallest absolute Gasteiger partial charge is 0.319 e. The fraction of sp³-hybridized carbons (Fsp3) is 0.300. The number of urea groups is 1. The van der Waals surface area contributed by atoms with E-state index >= 15 is 0 Å². The number of anilines is 2. The number of carbonyl (C=O) groups is 2. The summed E-state index contributed by atoms with van der Waals surface area (Å²) in [5, 5.41) is 8.37. The second-order valence-electron chi connectivity index (χ2n) is 6.08. The summed E-state index contributed by atoms with van der Waals surface area (Å²) in [6.07, 6.45) is 0. The second kappa shape index (κ2) is 9.58. The van der Waals surface area contributed by atoms with E-state index in [2.05, 4.69) is 16.0 Å². The van der Waals surface area contributed by atoms with Gasteiger partial charge in [-0.05, 0) is 45.0 Å². The zero-order valence-electron chi connectivity index (χ0n) is 15.3. The first-order valence-corrected chi connectivity index (χ1v) is 8.64. The Kier molecular flexibility index (Phi) is 7.17.